The van der Waals surface area contributed by atoms with Gasteiger partial charge in [0.05, 0.1) is 28.3 Å². The number of hydrogen-bond donors (Lipinski definition) is 1. The molecule has 1 aliphatic heterocycles. The standard InChI is InChI=1S/C29H27F3N4O2S/c30-29(31,32)21-7-5-19(6-8-21)28-20(2-1-12-34-28)17-35-22-9-3-18(4-10-22)14-26-33-13-11-23(36-26)15-25-24(37)16-27(38)39-25/h1-2,5-8,11-13,15,18,22,35H,3-4,9-10,14,16-17H2/b25-15-. The first-order valence-electron chi connectivity index (χ1n) is 12.9. The monoisotopic (exact) mass is 552 g/mol. The first-order valence-corrected chi connectivity index (χ1v) is 13.7. The molecule has 202 valence electrons. The first-order chi connectivity index (χ1) is 18.7. The molecule has 1 N–H and O–H groups in total. The Morgan fingerprint density at radius 3 is 2.44 bits per heavy atom. The van der Waals surface area contributed by atoms with Crippen LogP contribution in [0.1, 0.15) is 54.7 Å². The minimum atomic E-state index is -4.37. The van der Waals surface area contributed by atoms with Crippen molar-refractivity contribution in [2.24, 2.45) is 5.92 Å². The van der Waals surface area contributed by atoms with E-state index in [1.165, 1.54) is 12.1 Å². The van der Waals surface area contributed by atoms with Gasteiger partial charge in [-0.3, -0.25) is 14.6 Å². The van der Waals surface area contributed by atoms with Crippen molar-refractivity contribution in [3.63, 3.8) is 0 Å². The highest BCUT2D eigenvalue weighted by atomic mass is 32.2. The Morgan fingerprint density at radius 2 is 1.74 bits per heavy atom. The van der Waals surface area contributed by atoms with Crippen LogP contribution in [0.5, 0.6) is 0 Å². The van der Waals surface area contributed by atoms with Crippen molar-refractivity contribution in [1.82, 2.24) is 20.3 Å². The Hall–Kier alpha value is -3.37. The maximum atomic E-state index is 12.9. The van der Waals surface area contributed by atoms with Gasteiger partial charge in [0.1, 0.15) is 5.82 Å². The van der Waals surface area contributed by atoms with Crippen LogP contribution in [0.3, 0.4) is 0 Å². The van der Waals surface area contributed by atoms with Gasteiger partial charge in [0, 0.05) is 37.0 Å². The van der Waals surface area contributed by atoms with Crippen LogP contribution in [-0.2, 0) is 28.7 Å². The van der Waals surface area contributed by atoms with Gasteiger partial charge in [0.2, 0.25) is 5.12 Å². The van der Waals surface area contributed by atoms with Gasteiger partial charge < -0.3 is 5.32 Å². The highest BCUT2D eigenvalue weighted by Gasteiger charge is 2.30. The molecule has 0 bridgehead atoms. The fourth-order valence-electron chi connectivity index (χ4n) is 5.01. The maximum absolute atomic E-state index is 12.9. The van der Waals surface area contributed by atoms with Gasteiger partial charge in [-0.2, -0.15) is 13.2 Å². The summed E-state index contributed by atoms with van der Waals surface area (Å²) in [7, 11) is 0. The molecule has 1 saturated carbocycles. The summed E-state index contributed by atoms with van der Waals surface area (Å²) >= 11 is 0.974. The third-order valence-corrected chi connectivity index (χ3v) is 8.02. The number of pyridine rings is 1. The van der Waals surface area contributed by atoms with Crippen molar-refractivity contribution in [2.45, 2.75) is 57.3 Å². The number of Topliss-reactive ketones (excluding diaryl/α,β-unsaturated/α-hetero) is 1. The summed E-state index contributed by atoms with van der Waals surface area (Å²) in [5, 5.41) is 3.47. The van der Waals surface area contributed by atoms with E-state index in [1.807, 2.05) is 12.1 Å². The summed E-state index contributed by atoms with van der Waals surface area (Å²) in [5.41, 5.74) is 2.25. The number of carbonyl (C=O) groups excluding carboxylic acids is 2. The molecule has 1 aromatic carbocycles. The lowest BCUT2D eigenvalue weighted by molar-refractivity contribution is -0.137. The van der Waals surface area contributed by atoms with E-state index < -0.39 is 11.7 Å². The van der Waals surface area contributed by atoms with Crippen LogP contribution in [0.2, 0.25) is 0 Å². The van der Waals surface area contributed by atoms with Crippen LogP contribution >= 0.6 is 11.8 Å². The Labute approximate surface area is 228 Å². The molecule has 2 aromatic heterocycles. The minimum absolute atomic E-state index is 0.0527. The van der Waals surface area contributed by atoms with E-state index in [0.29, 0.717) is 40.4 Å². The molecule has 1 saturated heterocycles. The molecule has 0 radical (unpaired) electrons. The van der Waals surface area contributed by atoms with Gasteiger partial charge in [-0.15, -0.1) is 0 Å². The molecule has 6 nitrogen and oxygen atoms in total. The number of carbonyl (C=O) groups is 2. The molecule has 2 fully saturated rings. The first kappa shape index (κ1) is 27.2. The summed E-state index contributed by atoms with van der Waals surface area (Å²) in [6.45, 7) is 0.582. The SMILES string of the molecule is O=C1CC(=O)/C(=C/c2ccnc(CC3CCC(NCc4cccnc4-c4ccc(C(F)(F)F)cc4)CC3)n2)S1. The third kappa shape index (κ3) is 6.99. The molecule has 0 unspecified atom stereocenters. The molecule has 10 heteroatoms. The highest BCUT2D eigenvalue weighted by molar-refractivity contribution is 8.18. The molecule has 1 aliphatic carbocycles. The fourth-order valence-corrected chi connectivity index (χ4v) is 5.83. The van der Waals surface area contributed by atoms with Crippen LogP contribution in [0.25, 0.3) is 17.3 Å². The van der Waals surface area contributed by atoms with Crippen molar-refractivity contribution < 1.29 is 22.8 Å². The number of alkyl halides is 3. The Kier molecular flexibility index (Phi) is 8.23. The van der Waals surface area contributed by atoms with E-state index in [-0.39, 0.29) is 17.3 Å². The van der Waals surface area contributed by atoms with Crippen molar-refractivity contribution in [2.75, 3.05) is 0 Å². The molecular weight excluding hydrogens is 525 g/mol. The van der Waals surface area contributed by atoms with Crippen molar-refractivity contribution in [1.29, 1.82) is 0 Å². The molecule has 39 heavy (non-hydrogen) atoms. The van der Waals surface area contributed by atoms with Crippen molar-refractivity contribution in [3.05, 3.63) is 82.4 Å². The third-order valence-electron chi connectivity index (χ3n) is 7.09. The molecule has 2 aliphatic rings. The van der Waals surface area contributed by atoms with Crippen LogP contribution in [0, 0.1) is 5.92 Å². The molecule has 0 amide bonds. The minimum Gasteiger partial charge on any atom is -0.310 e. The highest BCUT2D eigenvalue weighted by Crippen LogP contribution is 2.32. The second kappa shape index (κ2) is 11.8. The zero-order valence-corrected chi connectivity index (χ0v) is 21.9. The number of thioether (sulfide) groups is 1. The number of ketones is 1. The predicted octanol–water partition coefficient (Wildman–Crippen LogP) is 6.02. The fraction of sp³-hybridized carbons (Fsp3) is 0.345. The van der Waals surface area contributed by atoms with Gasteiger partial charge in [0.15, 0.2) is 5.78 Å². The van der Waals surface area contributed by atoms with E-state index in [0.717, 1.165) is 67.4 Å². The number of hydrogen-bond acceptors (Lipinski definition) is 7. The summed E-state index contributed by atoms with van der Waals surface area (Å²) < 4.78 is 38.8. The average Bonchev–Trinajstić information content (AvgIpc) is 3.24. The average molecular weight is 553 g/mol. The zero-order valence-electron chi connectivity index (χ0n) is 21.1. The number of nitrogens with one attached hydrogen (secondary N) is 1. The molecule has 0 spiro atoms. The van der Waals surface area contributed by atoms with Gasteiger partial charge in [-0.1, -0.05) is 18.2 Å². The van der Waals surface area contributed by atoms with Crippen LogP contribution < -0.4 is 5.32 Å². The van der Waals surface area contributed by atoms with E-state index in [1.54, 1.807) is 24.5 Å². The Morgan fingerprint density at radius 1 is 0.974 bits per heavy atom. The topological polar surface area (TPSA) is 84.8 Å². The zero-order chi connectivity index (χ0) is 27.4. The molecule has 0 atom stereocenters. The summed E-state index contributed by atoms with van der Waals surface area (Å²) in [4.78, 5) is 37.3. The number of rotatable bonds is 7. The second-order valence-corrected chi connectivity index (χ2v) is 11.0. The van der Waals surface area contributed by atoms with Gasteiger partial charge in [0.25, 0.3) is 0 Å². The van der Waals surface area contributed by atoms with Crippen LogP contribution in [0.4, 0.5) is 13.2 Å². The van der Waals surface area contributed by atoms with Crippen molar-refractivity contribution >= 4 is 28.7 Å². The Bertz CT molecular complexity index is 1380. The number of halogens is 3. The van der Waals surface area contributed by atoms with Gasteiger partial charge in [-0.25, -0.2) is 9.97 Å². The summed E-state index contributed by atoms with van der Waals surface area (Å²) in [6, 6.07) is 11.0. The van der Waals surface area contributed by atoms with Crippen molar-refractivity contribution in [3.8, 4) is 11.3 Å². The number of aromatic nitrogens is 3. The van der Waals surface area contributed by atoms with Crippen LogP contribution in [-0.4, -0.2) is 31.9 Å². The lowest BCUT2D eigenvalue weighted by atomic mass is 9.84. The lowest BCUT2D eigenvalue weighted by Crippen LogP contribution is -2.33. The van der Waals surface area contributed by atoms with Gasteiger partial charge >= 0.3 is 6.18 Å². The van der Waals surface area contributed by atoms with Gasteiger partial charge in [-0.05, 0) is 79.3 Å². The maximum Gasteiger partial charge on any atom is 0.416 e. The number of nitrogens with zero attached hydrogens (tertiary/aromatic N) is 3. The van der Waals surface area contributed by atoms with E-state index in [4.69, 9.17) is 0 Å². The molecular formula is C29H27F3N4O2S. The number of allylic oxidation sites excluding steroid dienone is 1. The normalized spacial score (nSPS) is 21.1. The summed E-state index contributed by atoms with van der Waals surface area (Å²) in [5.74, 6) is 1.03. The molecule has 3 aromatic rings. The van der Waals surface area contributed by atoms with Crippen LogP contribution in [0.15, 0.2) is 59.8 Å². The largest absolute Gasteiger partial charge is 0.416 e. The lowest BCUT2D eigenvalue weighted by Gasteiger charge is -2.29. The quantitative estimate of drug-likeness (QED) is 0.283. The second-order valence-electron chi connectivity index (χ2n) is 9.87. The number of benzene rings is 1. The Balaban J connectivity index is 1.14. The van der Waals surface area contributed by atoms with E-state index >= 15 is 0 Å². The predicted molar refractivity (Wildman–Crippen MR) is 143 cm³/mol. The van der Waals surface area contributed by atoms with E-state index in [9.17, 15) is 22.8 Å². The van der Waals surface area contributed by atoms with E-state index in [2.05, 4.69) is 20.3 Å². The summed E-state index contributed by atoms with van der Waals surface area (Å²) in [6.07, 6.45) is 5.38. The molecule has 3 heterocycles. The molecule has 5 rings (SSSR count). The smallest absolute Gasteiger partial charge is 0.310 e.